The van der Waals surface area contributed by atoms with Crippen LogP contribution in [0.15, 0.2) is 62.9 Å². The van der Waals surface area contributed by atoms with Crippen molar-refractivity contribution >= 4 is 18.6 Å². The zero-order chi connectivity index (χ0) is 27.5. The minimum atomic E-state index is -0.272. The van der Waals surface area contributed by atoms with Gasteiger partial charge in [0.05, 0.1) is 32.1 Å². The van der Waals surface area contributed by atoms with E-state index < -0.39 is 0 Å². The molecule has 38 heavy (non-hydrogen) atoms. The molecule has 10 heteroatoms. The highest BCUT2D eigenvalue weighted by atomic mass is 16.3. The summed E-state index contributed by atoms with van der Waals surface area (Å²) in [5.74, 6) is 0.467. The maximum Gasteiger partial charge on any atom is 0.142 e. The molecule has 202 valence electrons. The summed E-state index contributed by atoms with van der Waals surface area (Å²) in [5.41, 5.74) is 3.58. The van der Waals surface area contributed by atoms with Gasteiger partial charge in [-0.2, -0.15) is 0 Å². The monoisotopic (exact) mass is 519 g/mol. The lowest BCUT2D eigenvalue weighted by molar-refractivity contribution is 0.288. The van der Waals surface area contributed by atoms with Crippen LogP contribution in [0.5, 0.6) is 11.5 Å². The fourth-order valence-corrected chi connectivity index (χ4v) is 3.75. The second kappa shape index (κ2) is 14.0. The largest absolute Gasteiger partial charge is 0.510 e. The molecule has 1 atom stereocenters. The van der Waals surface area contributed by atoms with Crippen molar-refractivity contribution in [3.63, 3.8) is 0 Å². The van der Waals surface area contributed by atoms with Crippen LogP contribution < -0.4 is 0 Å². The third-order valence-electron chi connectivity index (χ3n) is 6.16. The Morgan fingerprint density at radius 1 is 0.789 bits per heavy atom. The van der Waals surface area contributed by atoms with Gasteiger partial charge in [-0.3, -0.25) is 19.9 Å². The molecule has 3 rings (SSSR count). The number of aliphatic imine (C=N–C) groups is 3. The molecular weight excluding hydrogens is 482 g/mol. The van der Waals surface area contributed by atoms with Crippen LogP contribution in [-0.4, -0.2) is 106 Å². The van der Waals surface area contributed by atoms with Gasteiger partial charge >= 0.3 is 0 Å². The predicted molar refractivity (Wildman–Crippen MR) is 152 cm³/mol. The van der Waals surface area contributed by atoms with Crippen LogP contribution in [0.25, 0.3) is 0 Å². The molecule has 0 aromatic carbocycles. The normalized spacial score (nSPS) is 16.2. The minimum absolute atomic E-state index is 0.1000. The van der Waals surface area contributed by atoms with Gasteiger partial charge in [-0.05, 0) is 57.2 Å². The Balaban J connectivity index is 1.58. The number of allylic oxidation sites excluding steroid dienone is 3. The van der Waals surface area contributed by atoms with Crippen molar-refractivity contribution in [2.75, 3.05) is 46.3 Å². The van der Waals surface area contributed by atoms with Crippen molar-refractivity contribution in [2.24, 2.45) is 15.0 Å². The van der Waals surface area contributed by atoms with E-state index in [0.29, 0.717) is 50.7 Å². The number of likely N-dealkylation sites (N-methyl/N-ethyl adjacent to an activating group) is 1. The standard InChI is InChI=1S/C28H37N7O3/c1-20-5-8-26(36)23(32-20)17-29-11-14-35(15-12-30-18-24-27(37)9-6-21(2)33-24)16-13-31-19-25-28(38)10-7-22(3)34(25)4/h5-10,17-19,25,36-38H,11-16H2,1-4H3. The SMILES string of the molecule is CC1=CC=C(O)C(C=NCCN(CCN=Cc2nc(C)ccc2O)CCN=Cc2nc(C)ccc2O)N1C. The third kappa shape index (κ3) is 8.52. The van der Waals surface area contributed by atoms with Crippen molar-refractivity contribution in [3.8, 4) is 11.5 Å². The van der Waals surface area contributed by atoms with E-state index in [1.54, 1.807) is 49.0 Å². The second-order valence-corrected chi connectivity index (χ2v) is 9.14. The number of aliphatic hydroxyl groups is 1. The molecule has 0 saturated carbocycles. The molecule has 0 amide bonds. The van der Waals surface area contributed by atoms with Crippen LogP contribution in [0, 0.1) is 13.8 Å². The number of aromatic hydroxyl groups is 2. The first-order chi connectivity index (χ1) is 18.2. The van der Waals surface area contributed by atoms with Crippen molar-refractivity contribution in [1.29, 1.82) is 0 Å². The van der Waals surface area contributed by atoms with E-state index in [2.05, 4.69) is 29.8 Å². The van der Waals surface area contributed by atoms with E-state index >= 15 is 0 Å². The zero-order valence-corrected chi connectivity index (χ0v) is 22.5. The molecule has 0 spiro atoms. The van der Waals surface area contributed by atoms with Crippen LogP contribution in [0.2, 0.25) is 0 Å². The number of hydrogen-bond acceptors (Lipinski definition) is 10. The van der Waals surface area contributed by atoms with Crippen molar-refractivity contribution in [3.05, 3.63) is 70.6 Å². The van der Waals surface area contributed by atoms with Gasteiger partial charge in [0.25, 0.3) is 0 Å². The van der Waals surface area contributed by atoms with Gasteiger partial charge in [-0.15, -0.1) is 0 Å². The Kier molecular flexibility index (Phi) is 10.5. The van der Waals surface area contributed by atoms with E-state index in [1.807, 2.05) is 38.8 Å². The van der Waals surface area contributed by atoms with E-state index in [0.717, 1.165) is 17.1 Å². The second-order valence-electron chi connectivity index (χ2n) is 9.14. The van der Waals surface area contributed by atoms with Gasteiger partial charge < -0.3 is 20.2 Å². The fraction of sp³-hybridized carbons (Fsp3) is 0.393. The highest BCUT2D eigenvalue weighted by Crippen LogP contribution is 2.17. The van der Waals surface area contributed by atoms with Crippen LogP contribution in [-0.2, 0) is 0 Å². The molecule has 0 radical (unpaired) electrons. The van der Waals surface area contributed by atoms with Gasteiger partial charge in [0.1, 0.15) is 34.7 Å². The summed E-state index contributed by atoms with van der Waals surface area (Å²) in [6.07, 6.45) is 8.53. The van der Waals surface area contributed by atoms with Gasteiger partial charge in [0, 0.05) is 50.0 Å². The molecule has 1 aliphatic heterocycles. The molecule has 1 aliphatic rings. The van der Waals surface area contributed by atoms with Gasteiger partial charge in [0.2, 0.25) is 0 Å². The number of hydrogen-bond donors (Lipinski definition) is 3. The Morgan fingerprint density at radius 3 is 1.82 bits per heavy atom. The maximum absolute atomic E-state index is 10.2. The molecule has 2 aromatic rings. The summed E-state index contributed by atoms with van der Waals surface area (Å²) in [4.78, 5) is 26.2. The number of aliphatic hydroxyl groups excluding tert-OH is 1. The first-order valence-corrected chi connectivity index (χ1v) is 12.6. The average Bonchev–Trinajstić information content (AvgIpc) is 2.89. The van der Waals surface area contributed by atoms with Crippen LogP contribution in [0.4, 0.5) is 0 Å². The Morgan fingerprint density at radius 2 is 1.29 bits per heavy atom. The quantitative estimate of drug-likeness (QED) is 0.368. The highest BCUT2D eigenvalue weighted by Gasteiger charge is 2.19. The Labute approximate surface area is 224 Å². The van der Waals surface area contributed by atoms with Crippen molar-refractivity contribution in [1.82, 2.24) is 19.8 Å². The summed E-state index contributed by atoms with van der Waals surface area (Å²) < 4.78 is 0. The molecule has 0 aliphatic carbocycles. The number of pyridine rings is 2. The molecule has 2 aromatic heterocycles. The molecule has 0 fully saturated rings. The smallest absolute Gasteiger partial charge is 0.142 e. The lowest BCUT2D eigenvalue weighted by atomic mass is 10.1. The minimum Gasteiger partial charge on any atom is -0.510 e. The molecule has 0 bridgehead atoms. The summed E-state index contributed by atoms with van der Waals surface area (Å²) in [5, 5.41) is 30.2. The van der Waals surface area contributed by atoms with Gasteiger partial charge in [0.15, 0.2) is 0 Å². The lowest BCUT2D eigenvalue weighted by Crippen LogP contribution is -2.36. The summed E-state index contributed by atoms with van der Waals surface area (Å²) in [6, 6.07) is 6.45. The average molecular weight is 520 g/mol. The van der Waals surface area contributed by atoms with E-state index in [1.165, 1.54) is 0 Å². The molecule has 0 saturated heterocycles. The van der Waals surface area contributed by atoms with Crippen molar-refractivity contribution in [2.45, 2.75) is 26.8 Å². The first-order valence-electron chi connectivity index (χ1n) is 12.6. The van der Waals surface area contributed by atoms with Crippen molar-refractivity contribution < 1.29 is 15.3 Å². The van der Waals surface area contributed by atoms with Gasteiger partial charge in [-0.1, -0.05) is 0 Å². The molecule has 10 nitrogen and oxygen atoms in total. The summed E-state index contributed by atoms with van der Waals surface area (Å²) in [6.45, 7) is 9.31. The lowest BCUT2D eigenvalue weighted by Gasteiger charge is -2.29. The fourth-order valence-electron chi connectivity index (χ4n) is 3.75. The zero-order valence-electron chi connectivity index (χ0n) is 22.5. The van der Waals surface area contributed by atoms with E-state index in [-0.39, 0.29) is 23.3 Å². The molecular formula is C28H37N7O3. The predicted octanol–water partition coefficient (Wildman–Crippen LogP) is 3.08. The van der Waals surface area contributed by atoms with Crippen LogP contribution in [0.1, 0.15) is 29.7 Å². The number of aromatic nitrogens is 2. The first kappa shape index (κ1) is 28.5. The third-order valence-corrected chi connectivity index (χ3v) is 6.16. The number of rotatable bonds is 12. The summed E-state index contributed by atoms with van der Waals surface area (Å²) in [7, 11) is 1.93. The maximum atomic E-state index is 10.2. The number of nitrogens with zero attached hydrogens (tertiary/aromatic N) is 7. The summed E-state index contributed by atoms with van der Waals surface area (Å²) >= 11 is 0. The topological polar surface area (TPSA) is 130 Å². The van der Waals surface area contributed by atoms with E-state index in [4.69, 9.17) is 0 Å². The Hall–Kier alpha value is -4.05. The molecule has 3 N–H and O–H groups in total. The highest BCUT2D eigenvalue weighted by molar-refractivity contribution is 5.81. The molecule has 3 heterocycles. The van der Waals surface area contributed by atoms with Crippen LogP contribution >= 0.6 is 0 Å². The molecule has 1 unspecified atom stereocenters. The van der Waals surface area contributed by atoms with E-state index in [9.17, 15) is 15.3 Å². The number of aryl methyl sites for hydroxylation is 2. The van der Waals surface area contributed by atoms with Crippen LogP contribution in [0.3, 0.4) is 0 Å². The Bertz CT molecular complexity index is 1170. The van der Waals surface area contributed by atoms with Gasteiger partial charge in [-0.25, -0.2) is 9.97 Å².